The van der Waals surface area contributed by atoms with Gasteiger partial charge in [-0.25, -0.2) is 0 Å². The van der Waals surface area contributed by atoms with Crippen LogP contribution < -0.4 is 14.8 Å². The van der Waals surface area contributed by atoms with Gasteiger partial charge in [0.2, 0.25) is 0 Å². The second kappa shape index (κ2) is 9.94. The van der Waals surface area contributed by atoms with Gasteiger partial charge in [-0.2, -0.15) is 0 Å². The molecule has 1 amide bonds. The Bertz CT molecular complexity index is 706. The van der Waals surface area contributed by atoms with Crippen molar-refractivity contribution in [1.29, 1.82) is 0 Å². The number of amides is 1. The van der Waals surface area contributed by atoms with Gasteiger partial charge in [0, 0.05) is 26.2 Å². The zero-order valence-corrected chi connectivity index (χ0v) is 15.6. The molecule has 0 aromatic heterocycles. The van der Waals surface area contributed by atoms with Gasteiger partial charge < -0.3 is 19.5 Å². The maximum absolute atomic E-state index is 12.0. The van der Waals surface area contributed by atoms with Crippen LogP contribution in [0.3, 0.4) is 0 Å². The smallest absolute Gasteiger partial charge is 0.258 e. The van der Waals surface area contributed by atoms with Crippen LogP contribution in [0.1, 0.15) is 5.56 Å². The summed E-state index contributed by atoms with van der Waals surface area (Å²) in [6.07, 6.45) is -0.00704. The standard InChI is InChI=1S/C21H26N2O4/c1-25-18-7-9-19(10-8-18)27-16-21(24)22-13-20-15-23(11-12-26-20)14-17-5-3-2-4-6-17/h2-10,20H,11-16H2,1H3,(H,22,24)/t20-/m0/s1. The van der Waals surface area contributed by atoms with Crippen LogP contribution in [-0.2, 0) is 16.1 Å². The van der Waals surface area contributed by atoms with Crippen LogP contribution >= 0.6 is 0 Å². The highest BCUT2D eigenvalue weighted by atomic mass is 16.5. The minimum absolute atomic E-state index is 0.00704. The molecule has 0 bridgehead atoms. The lowest BCUT2D eigenvalue weighted by Gasteiger charge is -2.33. The molecule has 6 nitrogen and oxygen atoms in total. The molecule has 0 saturated carbocycles. The number of methoxy groups -OCH3 is 1. The topological polar surface area (TPSA) is 60.0 Å². The van der Waals surface area contributed by atoms with E-state index in [9.17, 15) is 4.79 Å². The molecular formula is C21H26N2O4. The predicted octanol–water partition coefficient (Wildman–Crippen LogP) is 2.09. The Morgan fingerprint density at radius 1 is 1.15 bits per heavy atom. The monoisotopic (exact) mass is 370 g/mol. The number of morpholine rings is 1. The van der Waals surface area contributed by atoms with Gasteiger partial charge in [-0.1, -0.05) is 30.3 Å². The number of nitrogens with zero attached hydrogens (tertiary/aromatic N) is 1. The van der Waals surface area contributed by atoms with Crippen LogP contribution in [0.5, 0.6) is 11.5 Å². The second-order valence-corrected chi connectivity index (χ2v) is 6.48. The molecule has 6 heteroatoms. The minimum Gasteiger partial charge on any atom is -0.497 e. The lowest BCUT2D eigenvalue weighted by atomic mass is 10.2. The number of hydrogen-bond acceptors (Lipinski definition) is 5. The van der Waals surface area contributed by atoms with E-state index in [0.717, 1.165) is 25.4 Å². The molecule has 2 aromatic rings. The first-order chi connectivity index (χ1) is 13.2. The number of carbonyl (C=O) groups is 1. The van der Waals surface area contributed by atoms with Gasteiger partial charge in [0.15, 0.2) is 6.61 Å². The third-order valence-corrected chi connectivity index (χ3v) is 4.43. The largest absolute Gasteiger partial charge is 0.497 e. The maximum atomic E-state index is 12.0. The Morgan fingerprint density at radius 3 is 2.63 bits per heavy atom. The zero-order chi connectivity index (χ0) is 18.9. The molecule has 1 N–H and O–H groups in total. The van der Waals surface area contributed by atoms with E-state index in [1.54, 1.807) is 31.4 Å². The second-order valence-electron chi connectivity index (χ2n) is 6.48. The normalized spacial score (nSPS) is 17.3. The number of nitrogens with one attached hydrogen (secondary N) is 1. The Labute approximate surface area is 160 Å². The summed E-state index contributed by atoms with van der Waals surface area (Å²) in [5.74, 6) is 1.23. The quantitative estimate of drug-likeness (QED) is 0.771. The molecule has 0 spiro atoms. The van der Waals surface area contributed by atoms with Crippen LogP contribution in [-0.4, -0.2) is 56.9 Å². The lowest BCUT2D eigenvalue weighted by Crippen LogP contribution is -2.47. The van der Waals surface area contributed by atoms with Crippen LogP contribution in [0.25, 0.3) is 0 Å². The first-order valence-corrected chi connectivity index (χ1v) is 9.14. The highest BCUT2D eigenvalue weighted by Crippen LogP contribution is 2.16. The molecule has 1 fully saturated rings. The van der Waals surface area contributed by atoms with Crippen LogP contribution in [0.15, 0.2) is 54.6 Å². The molecule has 27 heavy (non-hydrogen) atoms. The summed E-state index contributed by atoms with van der Waals surface area (Å²) in [5.41, 5.74) is 1.29. The van der Waals surface area contributed by atoms with Gasteiger partial charge in [0.25, 0.3) is 5.91 Å². The van der Waals surface area contributed by atoms with Crippen LogP contribution in [0, 0.1) is 0 Å². The van der Waals surface area contributed by atoms with Gasteiger partial charge in [-0.05, 0) is 29.8 Å². The van der Waals surface area contributed by atoms with E-state index in [4.69, 9.17) is 14.2 Å². The zero-order valence-electron chi connectivity index (χ0n) is 15.6. The molecule has 144 valence electrons. The summed E-state index contributed by atoms with van der Waals surface area (Å²) in [6, 6.07) is 17.5. The van der Waals surface area contributed by atoms with Gasteiger partial charge in [-0.15, -0.1) is 0 Å². The molecule has 1 aliphatic rings. The number of ether oxygens (including phenoxy) is 3. The summed E-state index contributed by atoms with van der Waals surface area (Å²) >= 11 is 0. The SMILES string of the molecule is COc1ccc(OCC(=O)NC[C@H]2CN(Cc3ccccc3)CCO2)cc1. The number of rotatable bonds is 8. The molecule has 1 heterocycles. The van der Waals surface area contributed by atoms with E-state index in [0.29, 0.717) is 18.9 Å². The molecule has 3 rings (SSSR count). The fraction of sp³-hybridized carbons (Fsp3) is 0.381. The van der Waals surface area contributed by atoms with Gasteiger partial charge in [-0.3, -0.25) is 9.69 Å². The minimum atomic E-state index is -0.158. The summed E-state index contributed by atoms with van der Waals surface area (Å²) < 4.78 is 16.4. The Kier molecular flexibility index (Phi) is 7.07. The van der Waals surface area contributed by atoms with Crippen molar-refractivity contribution in [2.75, 3.05) is 40.0 Å². The summed E-state index contributed by atoms with van der Waals surface area (Å²) in [6.45, 7) is 3.74. The average molecular weight is 370 g/mol. The van der Waals surface area contributed by atoms with E-state index in [2.05, 4.69) is 34.5 Å². The van der Waals surface area contributed by atoms with Crippen molar-refractivity contribution in [3.63, 3.8) is 0 Å². The Balaban J connectivity index is 1.37. The fourth-order valence-electron chi connectivity index (χ4n) is 2.99. The number of benzene rings is 2. The van der Waals surface area contributed by atoms with Crippen molar-refractivity contribution in [3.05, 3.63) is 60.2 Å². The molecular weight excluding hydrogens is 344 g/mol. The van der Waals surface area contributed by atoms with E-state index < -0.39 is 0 Å². The first-order valence-electron chi connectivity index (χ1n) is 9.14. The third kappa shape index (κ3) is 6.27. The molecule has 2 aromatic carbocycles. The molecule has 0 radical (unpaired) electrons. The van der Waals surface area contributed by atoms with E-state index in [1.165, 1.54) is 5.56 Å². The highest BCUT2D eigenvalue weighted by molar-refractivity contribution is 5.77. The Hall–Kier alpha value is -2.57. The summed E-state index contributed by atoms with van der Waals surface area (Å²) in [5, 5.41) is 2.89. The van der Waals surface area contributed by atoms with Gasteiger partial charge in [0.1, 0.15) is 11.5 Å². The number of carbonyl (C=O) groups excluding carboxylic acids is 1. The average Bonchev–Trinajstić information content (AvgIpc) is 2.72. The van der Waals surface area contributed by atoms with E-state index in [-0.39, 0.29) is 18.6 Å². The van der Waals surface area contributed by atoms with Crippen molar-refractivity contribution in [2.45, 2.75) is 12.6 Å². The number of hydrogen-bond donors (Lipinski definition) is 1. The van der Waals surface area contributed by atoms with Crippen molar-refractivity contribution in [2.24, 2.45) is 0 Å². The Morgan fingerprint density at radius 2 is 1.89 bits per heavy atom. The molecule has 1 saturated heterocycles. The molecule has 1 atom stereocenters. The molecule has 0 aliphatic carbocycles. The van der Waals surface area contributed by atoms with Gasteiger partial charge >= 0.3 is 0 Å². The third-order valence-electron chi connectivity index (χ3n) is 4.43. The van der Waals surface area contributed by atoms with Crippen LogP contribution in [0.4, 0.5) is 0 Å². The highest BCUT2D eigenvalue weighted by Gasteiger charge is 2.21. The first kappa shape index (κ1) is 19.2. The van der Waals surface area contributed by atoms with Crippen LogP contribution in [0.2, 0.25) is 0 Å². The molecule has 1 aliphatic heterocycles. The maximum Gasteiger partial charge on any atom is 0.258 e. The van der Waals surface area contributed by atoms with Crippen molar-refractivity contribution in [1.82, 2.24) is 10.2 Å². The van der Waals surface area contributed by atoms with Crippen molar-refractivity contribution in [3.8, 4) is 11.5 Å². The predicted molar refractivity (Wildman–Crippen MR) is 103 cm³/mol. The van der Waals surface area contributed by atoms with Gasteiger partial charge in [0.05, 0.1) is 19.8 Å². The lowest BCUT2D eigenvalue weighted by molar-refractivity contribution is -0.124. The fourth-order valence-corrected chi connectivity index (χ4v) is 2.99. The van der Waals surface area contributed by atoms with E-state index in [1.807, 2.05) is 6.07 Å². The summed E-state index contributed by atoms with van der Waals surface area (Å²) in [7, 11) is 1.61. The van der Waals surface area contributed by atoms with Crippen molar-refractivity contribution < 1.29 is 19.0 Å². The van der Waals surface area contributed by atoms with E-state index >= 15 is 0 Å². The molecule has 0 unspecified atom stereocenters. The summed E-state index contributed by atoms with van der Waals surface area (Å²) in [4.78, 5) is 14.4. The van der Waals surface area contributed by atoms with Crippen molar-refractivity contribution >= 4 is 5.91 Å².